The van der Waals surface area contributed by atoms with Crippen LogP contribution in [0.4, 0.5) is 0 Å². The van der Waals surface area contributed by atoms with Crippen LogP contribution in [0.2, 0.25) is 0 Å². The Hall–Kier alpha value is -0.790. The van der Waals surface area contributed by atoms with E-state index >= 15 is 0 Å². The Balaban J connectivity index is 2.18. The first-order valence-electron chi connectivity index (χ1n) is 5.07. The zero-order valence-electron chi connectivity index (χ0n) is 8.34. The normalized spacial score (nSPS) is 21.9. The van der Waals surface area contributed by atoms with E-state index in [4.69, 9.17) is 4.74 Å². The van der Waals surface area contributed by atoms with Gasteiger partial charge in [0.15, 0.2) is 0 Å². The van der Waals surface area contributed by atoms with E-state index in [1.54, 1.807) is 0 Å². The van der Waals surface area contributed by atoms with Gasteiger partial charge in [0.25, 0.3) is 0 Å². The summed E-state index contributed by atoms with van der Waals surface area (Å²) >= 11 is 0. The van der Waals surface area contributed by atoms with Crippen molar-refractivity contribution >= 4 is 5.97 Å². The highest BCUT2D eigenvalue weighted by molar-refractivity contribution is 5.69. The molecular weight excluding hydrogens is 164 g/mol. The Morgan fingerprint density at radius 2 is 2.46 bits per heavy atom. The molecular formula is C11H18O2. The molecule has 1 atom stereocenters. The van der Waals surface area contributed by atoms with Gasteiger partial charge in [-0.05, 0) is 38.5 Å². The molecule has 0 aromatic rings. The Morgan fingerprint density at radius 1 is 1.69 bits per heavy atom. The predicted octanol–water partition coefficient (Wildman–Crippen LogP) is 2.69. The van der Waals surface area contributed by atoms with Crippen molar-refractivity contribution in [3.05, 3.63) is 12.2 Å². The highest BCUT2D eigenvalue weighted by Crippen LogP contribution is 2.32. The molecule has 2 heteroatoms. The number of allylic oxidation sites excluding steroid dienone is 1. The van der Waals surface area contributed by atoms with Gasteiger partial charge in [-0.1, -0.05) is 12.2 Å². The highest BCUT2D eigenvalue weighted by atomic mass is 16.5. The molecule has 2 nitrogen and oxygen atoms in total. The van der Waals surface area contributed by atoms with Gasteiger partial charge in [-0.25, -0.2) is 0 Å². The summed E-state index contributed by atoms with van der Waals surface area (Å²) in [5.41, 5.74) is 1.32. The number of carbonyl (C=O) groups is 1. The van der Waals surface area contributed by atoms with Gasteiger partial charge in [-0.2, -0.15) is 0 Å². The second kappa shape index (κ2) is 5.05. The van der Waals surface area contributed by atoms with Crippen LogP contribution in [-0.2, 0) is 9.53 Å². The summed E-state index contributed by atoms with van der Waals surface area (Å²) in [5, 5.41) is 0. The molecule has 1 rings (SSSR count). The quantitative estimate of drug-likeness (QED) is 0.493. The number of esters is 1. The van der Waals surface area contributed by atoms with Gasteiger partial charge in [0.1, 0.15) is 0 Å². The summed E-state index contributed by atoms with van der Waals surface area (Å²) in [4.78, 5) is 11.1. The van der Waals surface area contributed by atoms with E-state index < -0.39 is 0 Å². The van der Waals surface area contributed by atoms with Crippen LogP contribution in [0, 0.1) is 5.92 Å². The number of hydrogen-bond acceptors (Lipinski definition) is 2. The lowest BCUT2D eigenvalue weighted by Crippen LogP contribution is -2.06. The summed E-state index contributed by atoms with van der Waals surface area (Å²) < 4.78 is 4.87. The molecule has 74 valence electrons. The van der Waals surface area contributed by atoms with Gasteiger partial charge in [-0.3, -0.25) is 4.79 Å². The van der Waals surface area contributed by atoms with Gasteiger partial charge in [0.2, 0.25) is 0 Å². The zero-order valence-corrected chi connectivity index (χ0v) is 8.34. The molecule has 0 bridgehead atoms. The van der Waals surface area contributed by atoms with Crippen molar-refractivity contribution in [3.63, 3.8) is 0 Å². The van der Waals surface area contributed by atoms with E-state index in [2.05, 4.69) is 6.58 Å². The molecule has 0 radical (unpaired) electrons. The molecule has 1 unspecified atom stereocenters. The predicted molar refractivity (Wildman–Crippen MR) is 52.3 cm³/mol. The Morgan fingerprint density at radius 3 is 3.00 bits per heavy atom. The Kier molecular flexibility index (Phi) is 4.00. The Labute approximate surface area is 80.0 Å². The van der Waals surface area contributed by atoms with Crippen LogP contribution in [0.5, 0.6) is 0 Å². The summed E-state index contributed by atoms with van der Waals surface area (Å²) in [6.07, 6.45) is 5.08. The van der Waals surface area contributed by atoms with Crippen LogP contribution in [0.15, 0.2) is 12.2 Å². The molecule has 0 aromatic carbocycles. The summed E-state index contributed by atoms with van der Waals surface area (Å²) in [6.45, 7) is 6.34. The molecule has 0 N–H and O–H groups in total. The van der Waals surface area contributed by atoms with E-state index in [0.717, 1.165) is 12.8 Å². The average Bonchev–Trinajstić information content (AvgIpc) is 2.48. The molecule has 0 spiro atoms. The molecule has 1 fully saturated rings. The zero-order chi connectivity index (χ0) is 9.68. The fourth-order valence-electron chi connectivity index (χ4n) is 1.86. The molecule has 1 saturated carbocycles. The fourth-order valence-corrected chi connectivity index (χ4v) is 1.86. The summed E-state index contributed by atoms with van der Waals surface area (Å²) in [7, 11) is 0. The first-order valence-corrected chi connectivity index (χ1v) is 5.07. The molecule has 1 aliphatic carbocycles. The van der Waals surface area contributed by atoms with Gasteiger partial charge >= 0.3 is 5.97 Å². The molecule has 0 aliphatic heterocycles. The third-order valence-electron chi connectivity index (χ3n) is 2.63. The number of hydrogen-bond donors (Lipinski definition) is 0. The van der Waals surface area contributed by atoms with Crippen molar-refractivity contribution in [1.82, 2.24) is 0 Å². The van der Waals surface area contributed by atoms with Crippen molar-refractivity contribution in [2.75, 3.05) is 6.61 Å². The van der Waals surface area contributed by atoms with Crippen LogP contribution in [0.3, 0.4) is 0 Å². The monoisotopic (exact) mass is 182 g/mol. The Bertz CT molecular complexity index is 196. The van der Waals surface area contributed by atoms with Gasteiger partial charge < -0.3 is 4.74 Å². The lowest BCUT2D eigenvalue weighted by Gasteiger charge is -2.09. The van der Waals surface area contributed by atoms with Crippen molar-refractivity contribution in [1.29, 1.82) is 0 Å². The maximum Gasteiger partial charge on any atom is 0.305 e. The fraction of sp³-hybridized carbons (Fsp3) is 0.727. The SMILES string of the molecule is C=C1CCCC1CCC(=O)OCC. The van der Waals surface area contributed by atoms with Crippen molar-refractivity contribution in [3.8, 4) is 0 Å². The van der Waals surface area contributed by atoms with Crippen molar-refractivity contribution in [2.24, 2.45) is 5.92 Å². The number of rotatable bonds is 4. The van der Waals surface area contributed by atoms with Gasteiger partial charge in [0.05, 0.1) is 6.61 Å². The van der Waals surface area contributed by atoms with Crippen molar-refractivity contribution < 1.29 is 9.53 Å². The highest BCUT2D eigenvalue weighted by Gasteiger charge is 2.19. The topological polar surface area (TPSA) is 26.3 Å². The van der Waals surface area contributed by atoms with Gasteiger partial charge in [-0.15, -0.1) is 0 Å². The third-order valence-corrected chi connectivity index (χ3v) is 2.63. The minimum Gasteiger partial charge on any atom is -0.466 e. The lowest BCUT2D eigenvalue weighted by molar-refractivity contribution is -0.143. The van der Waals surface area contributed by atoms with Crippen LogP contribution in [0.1, 0.15) is 39.0 Å². The van der Waals surface area contributed by atoms with Crippen LogP contribution in [0.25, 0.3) is 0 Å². The first kappa shape index (κ1) is 10.3. The number of carbonyl (C=O) groups excluding carboxylic acids is 1. The summed E-state index contributed by atoms with van der Waals surface area (Å²) in [5.74, 6) is 0.506. The maximum absolute atomic E-state index is 11.1. The number of ether oxygens (including phenoxy) is 1. The molecule has 1 aliphatic rings. The molecule has 13 heavy (non-hydrogen) atoms. The largest absolute Gasteiger partial charge is 0.466 e. The van der Waals surface area contributed by atoms with E-state index in [0.29, 0.717) is 18.9 Å². The van der Waals surface area contributed by atoms with Gasteiger partial charge in [0, 0.05) is 6.42 Å². The minimum absolute atomic E-state index is 0.0674. The minimum atomic E-state index is -0.0674. The second-order valence-electron chi connectivity index (χ2n) is 3.59. The van der Waals surface area contributed by atoms with E-state index in [1.807, 2.05) is 6.92 Å². The van der Waals surface area contributed by atoms with Crippen LogP contribution >= 0.6 is 0 Å². The molecule has 0 aromatic heterocycles. The third kappa shape index (κ3) is 3.21. The maximum atomic E-state index is 11.1. The van der Waals surface area contributed by atoms with E-state index in [9.17, 15) is 4.79 Å². The second-order valence-corrected chi connectivity index (χ2v) is 3.59. The van der Waals surface area contributed by atoms with E-state index in [1.165, 1.54) is 18.4 Å². The summed E-state index contributed by atoms with van der Waals surface area (Å²) in [6, 6.07) is 0. The molecule has 0 heterocycles. The first-order chi connectivity index (χ1) is 6.24. The van der Waals surface area contributed by atoms with Crippen molar-refractivity contribution in [2.45, 2.75) is 39.0 Å². The lowest BCUT2D eigenvalue weighted by atomic mass is 9.98. The molecule has 0 saturated heterocycles. The van der Waals surface area contributed by atoms with Crippen LogP contribution in [-0.4, -0.2) is 12.6 Å². The van der Waals surface area contributed by atoms with E-state index in [-0.39, 0.29) is 5.97 Å². The van der Waals surface area contributed by atoms with Crippen LogP contribution < -0.4 is 0 Å². The smallest absolute Gasteiger partial charge is 0.305 e. The average molecular weight is 182 g/mol. The standard InChI is InChI=1S/C11H18O2/c1-3-13-11(12)8-7-10-6-4-5-9(10)2/h10H,2-8H2,1H3. The molecule has 0 amide bonds.